The summed E-state index contributed by atoms with van der Waals surface area (Å²) in [5.41, 5.74) is 2.75. The molecule has 3 aromatic rings. The van der Waals surface area contributed by atoms with E-state index in [1.54, 1.807) is 18.6 Å². The molecule has 1 aliphatic heterocycles. The minimum Gasteiger partial charge on any atom is -0.467 e. The van der Waals surface area contributed by atoms with Gasteiger partial charge in [0.2, 0.25) is 0 Å². The van der Waals surface area contributed by atoms with Gasteiger partial charge in [-0.3, -0.25) is 4.79 Å². The zero-order valence-electron chi connectivity index (χ0n) is 17.5. The Labute approximate surface area is 189 Å². The molecule has 0 saturated heterocycles. The molecule has 0 bridgehead atoms. The quantitative estimate of drug-likeness (QED) is 0.498. The van der Waals surface area contributed by atoms with Gasteiger partial charge in [-0.25, -0.2) is 9.80 Å². The van der Waals surface area contributed by atoms with Crippen molar-refractivity contribution in [2.75, 3.05) is 6.61 Å². The molecule has 2 unspecified atom stereocenters. The van der Waals surface area contributed by atoms with Gasteiger partial charge in [0.1, 0.15) is 22.4 Å². The number of hydrogen-bond acceptors (Lipinski definition) is 7. The number of aryl methyl sites for hydroxylation is 1. The maximum atomic E-state index is 13.1. The van der Waals surface area contributed by atoms with Gasteiger partial charge in [0.25, 0.3) is 5.91 Å². The lowest BCUT2D eigenvalue weighted by molar-refractivity contribution is -0.137. The number of rotatable bonds is 5. The number of allylic oxidation sites excluding steroid dienone is 1. The molecule has 2 atom stereocenters. The minimum atomic E-state index is -0.497. The molecule has 1 aliphatic carbocycles. The molecule has 0 spiro atoms. The van der Waals surface area contributed by atoms with E-state index in [0.717, 1.165) is 41.9 Å². The van der Waals surface area contributed by atoms with Crippen LogP contribution in [-0.2, 0) is 9.53 Å². The SMILES string of the molecule is Cc1ccsc1C(=O)OCC(=O)N1N=C2C(=Cc3ccco3)CCCC2C1c1ccco1. The standard InChI is InChI=1S/C24H22N2O5S/c1-15-9-12-32-23(15)24(28)31-14-20(27)26-22(19-8-4-11-30-19)18-7-2-5-16(21(18)25-26)13-17-6-3-10-29-17/h3-4,6,8-13,18,22H,2,5,7,14H2,1H3. The third-order valence-electron chi connectivity index (χ3n) is 5.83. The normalized spacial score (nSPS) is 21.5. The van der Waals surface area contributed by atoms with Crippen LogP contribution in [0.4, 0.5) is 0 Å². The molecule has 32 heavy (non-hydrogen) atoms. The van der Waals surface area contributed by atoms with Crippen molar-refractivity contribution in [2.45, 2.75) is 32.2 Å². The number of furan rings is 2. The Bertz CT molecular complexity index is 1170. The maximum absolute atomic E-state index is 13.1. The molecule has 1 amide bonds. The van der Waals surface area contributed by atoms with Gasteiger partial charge in [-0.1, -0.05) is 0 Å². The van der Waals surface area contributed by atoms with Gasteiger partial charge < -0.3 is 13.6 Å². The Hall–Kier alpha value is -3.39. The third-order valence-corrected chi connectivity index (χ3v) is 6.82. The average molecular weight is 451 g/mol. The van der Waals surface area contributed by atoms with E-state index in [-0.39, 0.29) is 24.5 Å². The molecule has 2 aliphatic rings. The highest BCUT2D eigenvalue weighted by Crippen LogP contribution is 2.44. The smallest absolute Gasteiger partial charge is 0.349 e. The highest BCUT2D eigenvalue weighted by atomic mass is 32.1. The number of hydrogen-bond donors (Lipinski definition) is 0. The van der Waals surface area contributed by atoms with Crippen molar-refractivity contribution >= 4 is 35.0 Å². The van der Waals surface area contributed by atoms with Crippen molar-refractivity contribution in [1.82, 2.24) is 5.01 Å². The van der Waals surface area contributed by atoms with Gasteiger partial charge >= 0.3 is 5.97 Å². The Balaban J connectivity index is 1.41. The number of carbonyl (C=O) groups is 2. The second kappa shape index (κ2) is 8.63. The molecule has 8 heteroatoms. The first-order valence-corrected chi connectivity index (χ1v) is 11.4. The number of hydrazone groups is 1. The van der Waals surface area contributed by atoms with Crippen LogP contribution in [0.25, 0.3) is 6.08 Å². The summed E-state index contributed by atoms with van der Waals surface area (Å²) in [4.78, 5) is 26.0. The summed E-state index contributed by atoms with van der Waals surface area (Å²) in [5.74, 6) is 0.552. The largest absolute Gasteiger partial charge is 0.467 e. The predicted molar refractivity (Wildman–Crippen MR) is 119 cm³/mol. The van der Waals surface area contributed by atoms with Crippen molar-refractivity contribution in [2.24, 2.45) is 11.0 Å². The van der Waals surface area contributed by atoms with E-state index in [4.69, 9.17) is 18.7 Å². The maximum Gasteiger partial charge on any atom is 0.349 e. The van der Waals surface area contributed by atoms with Gasteiger partial charge in [0.05, 0.1) is 18.2 Å². The van der Waals surface area contributed by atoms with E-state index in [1.807, 2.05) is 42.6 Å². The van der Waals surface area contributed by atoms with E-state index in [2.05, 4.69) is 0 Å². The first kappa shape index (κ1) is 20.5. The van der Waals surface area contributed by atoms with E-state index in [9.17, 15) is 9.59 Å². The number of carbonyl (C=O) groups excluding carboxylic acids is 2. The molecule has 1 fully saturated rings. The van der Waals surface area contributed by atoms with Crippen molar-refractivity contribution in [3.63, 3.8) is 0 Å². The number of fused-ring (bicyclic) bond motifs is 1. The van der Waals surface area contributed by atoms with Crippen LogP contribution in [0.3, 0.4) is 0 Å². The summed E-state index contributed by atoms with van der Waals surface area (Å²) >= 11 is 1.30. The predicted octanol–water partition coefficient (Wildman–Crippen LogP) is 5.22. The molecule has 4 heterocycles. The van der Waals surface area contributed by atoms with Crippen LogP contribution in [0.1, 0.15) is 52.1 Å². The second-order valence-electron chi connectivity index (χ2n) is 7.88. The molecular formula is C24H22N2O5S. The fourth-order valence-electron chi connectivity index (χ4n) is 4.33. The van der Waals surface area contributed by atoms with Gasteiger partial charge in [-0.05, 0) is 79.1 Å². The number of nitrogens with zero attached hydrogens (tertiary/aromatic N) is 2. The average Bonchev–Trinajstić information content (AvgIpc) is 3.58. The zero-order valence-corrected chi connectivity index (χ0v) is 18.3. The monoisotopic (exact) mass is 450 g/mol. The molecule has 5 rings (SSSR count). The molecule has 1 saturated carbocycles. The van der Waals surface area contributed by atoms with Crippen LogP contribution in [-0.4, -0.2) is 29.2 Å². The molecule has 0 N–H and O–H groups in total. The number of ether oxygens (including phenoxy) is 1. The zero-order chi connectivity index (χ0) is 22.1. The highest BCUT2D eigenvalue weighted by Gasteiger charge is 2.45. The summed E-state index contributed by atoms with van der Waals surface area (Å²) in [5, 5.41) is 7.96. The summed E-state index contributed by atoms with van der Waals surface area (Å²) < 4.78 is 16.5. The van der Waals surface area contributed by atoms with Crippen LogP contribution < -0.4 is 0 Å². The van der Waals surface area contributed by atoms with Crippen LogP contribution in [0.15, 0.2) is 67.7 Å². The van der Waals surface area contributed by atoms with Crippen LogP contribution in [0, 0.1) is 12.8 Å². The Kier molecular flexibility index (Phi) is 5.53. The lowest BCUT2D eigenvalue weighted by atomic mass is 9.79. The van der Waals surface area contributed by atoms with Crippen LogP contribution >= 0.6 is 11.3 Å². The van der Waals surface area contributed by atoms with Gasteiger partial charge in [-0.2, -0.15) is 5.10 Å². The number of esters is 1. The molecule has 164 valence electrons. The van der Waals surface area contributed by atoms with E-state index < -0.39 is 5.97 Å². The van der Waals surface area contributed by atoms with E-state index >= 15 is 0 Å². The first-order valence-electron chi connectivity index (χ1n) is 10.5. The highest BCUT2D eigenvalue weighted by molar-refractivity contribution is 7.12. The fourth-order valence-corrected chi connectivity index (χ4v) is 5.15. The van der Waals surface area contributed by atoms with Crippen molar-refractivity contribution in [1.29, 1.82) is 0 Å². The van der Waals surface area contributed by atoms with Gasteiger partial charge in [0.15, 0.2) is 6.61 Å². The third kappa shape index (κ3) is 3.82. The Morgan fingerprint density at radius 1 is 1.25 bits per heavy atom. The lowest BCUT2D eigenvalue weighted by Gasteiger charge is -2.27. The summed E-state index contributed by atoms with van der Waals surface area (Å²) in [7, 11) is 0. The summed E-state index contributed by atoms with van der Waals surface area (Å²) in [6.45, 7) is 1.46. The number of thiophene rings is 1. The van der Waals surface area contributed by atoms with Crippen molar-refractivity contribution in [3.8, 4) is 0 Å². The van der Waals surface area contributed by atoms with Gasteiger partial charge in [-0.15, -0.1) is 11.3 Å². The Morgan fingerprint density at radius 3 is 2.81 bits per heavy atom. The van der Waals surface area contributed by atoms with E-state index in [0.29, 0.717) is 10.6 Å². The van der Waals surface area contributed by atoms with E-state index in [1.165, 1.54) is 16.3 Å². The summed E-state index contributed by atoms with van der Waals surface area (Å²) in [6, 6.07) is 8.88. The summed E-state index contributed by atoms with van der Waals surface area (Å²) in [6.07, 6.45) is 7.93. The van der Waals surface area contributed by atoms with Crippen molar-refractivity contribution in [3.05, 3.63) is 75.8 Å². The molecule has 3 aromatic heterocycles. The molecule has 0 radical (unpaired) electrons. The lowest BCUT2D eigenvalue weighted by Crippen LogP contribution is -2.34. The molecule has 0 aromatic carbocycles. The first-order chi connectivity index (χ1) is 15.6. The second-order valence-corrected chi connectivity index (χ2v) is 8.79. The number of amides is 1. The minimum absolute atomic E-state index is 0.00954. The Morgan fingerprint density at radius 2 is 2.09 bits per heavy atom. The van der Waals surface area contributed by atoms with Crippen LogP contribution in [0.5, 0.6) is 0 Å². The van der Waals surface area contributed by atoms with Gasteiger partial charge in [0, 0.05) is 5.92 Å². The van der Waals surface area contributed by atoms with Crippen molar-refractivity contribution < 1.29 is 23.2 Å². The topological polar surface area (TPSA) is 85.3 Å². The fraction of sp³-hybridized carbons (Fsp3) is 0.292. The molecular weight excluding hydrogens is 428 g/mol. The van der Waals surface area contributed by atoms with Crippen LogP contribution in [0.2, 0.25) is 0 Å². The molecule has 7 nitrogen and oxygen atoms in total.